The topological polar surface area (TPSA) is 72.3 Å². The zero-order valence-corrected chi connectivity index (χ0v) is 12.1. The molecule has 4 nitrogen and oxygen atoms in total. The van der Waals surface area contributed by atoms with Gasteiger partial charge in [0.05, 0.1) is 16.1 Å². The minimum absolute atomic E-state index is 0.207. The van der Waals surface area contributed by atoms with E-state index in [2.05, 4.69) is 15.9 Å². The number of anilines is 1. The number of hydrogen-bond acceptors (Lipinski definition) is 3. The molecule has 1 aliphatic rings. The molecule has 1 fully saturated rings. The van der Waals surface area contributed by atoms with Crippen LogP contribution in [0.2, 0.25) is 0 Å². The van der Waals surface area contributed by atoms with E-state index in [1.54, 1.807) is 12.1 Å². The Hall–Kier alpha value is -1.14. The highest BCUT2D eigenvalue weighted by atomic mass is 79.9. The molecule has 19 heavy (non-hydrogen) atoms. The lowest BCUT2D eigenvalue weighted by Gasteiger charge is -2.33. The van der Waals surface area contributed by atoms with Crippen molar-refractivity contribution in [2.75, 3.05) is 18.0 Å². The summed E-state index contributed by atoms with van der Waals surface area (Å²) in [5, 5.41) is 0. The number of hydrogen-bond donors (Lipinski definition) is 2. The van der Waals surface area contributed by atoms with Gasteiger partial charge in [-0.25, -0.2) is 4.39 Å². The maximum Gasteiger partial charge on any atom is 0.222 e. The number of rotatable bonds is 3. The van der Waals surface area contributed by atoms with E-state index >= 15 is 0 Å². The van der Waals surface area contributed by atoms with Gasteiger partial charge in [0.25, 0.3) is 0 Å². The van der Waals surface area contributed by atoms with Crippen molar-refractivity contribution in [2.24, 2.45) is 17.4 Å². The predicted molar refractivity (Wildman–Crippen MR) is 76.1 cm³/mol. The Labute approximate surface area is 120 Å². The molecule has 1 amide bonds. The summed E-state index contributed by atoms with van der Waals surface area (Å²) in [6, 6.07) is 3.52. The van der Waals surface area contributed by atoms with Crippen LogP contribution in [0.4, 0.5) is 10.1 Å². The highest BCUT2D eigenvalue weighted by Crippen LogP contribution is 2.31. The Morgan fingerprint density at radius 2 is 2.26 bits per heavy atom. The summed E-state index contributed by atoms with van der Waals surface area (Å²) in [6.45, 7) is 1.48. The maximum absolute atomic E-state index is 14.3. The van der Waals surface area contributed by atoms with E-state index in [-0.39, 0.29) is 24.2 Å². The summed E-state index contributed by atoms with van der Waals surface area (Å²) in [4.78, 5) is 13.1. The standard InChI is InChI=1S/C13H17BrFN3O/c14-11-8(6-16)3-4-10(12(11)15)18-5-1-2-9(7-18)13(17)19/h3-4,9H,1-2,5-7,16H2,(H2,17,19). The van der Waals surface area contributed by atoms with Crippen LogP contribution in [0.1, 0.15) is 18.4 Å². The largest absolute Gasteiger partial charge is 0.369 e. The zero-order chi connectivity index (χ0) is 14.0. The van der Waals surface area contributed by atoms with Gasteiger partial charge in [-0.3, -0.25) is 4.79 Å². The SMILES string of the molecule is NCc1ccc(N2CCCC(C(N)=O)C2)c(F)c1Br. The Morgan fingerprint density at radius 3 is 2.89 bits per heavy atom. The fraction of sp³-hybridized carbons (Fsp3) is 0.462. The van der Waals surface area contributed by atoms with Crippen molar-refractivity contribution in [3.63, 3.8) is 0 Å². The molecule has 2 rings (SSSR count). The molecule has 4 N–H and O–H groups in total. The number of benzene rings is 1. The summed E-state index contributed by atoms with van der Waals surface area (Å²) in [5.41, 5.74) is 12.1. The zero-order valence-electron chi connectivity index (χ0n) is 10.5. The molecule has 0 aromatic heterocycles. The molecule has 0 saturated carbocycles. The van der Waals surface area contributed by atoms with Crippen LogP contribution in [0.3, 0.4) is 0 Å². The van der Waals surface area contributed by atoms with Crippen molar-refractivity contribution >= 4 is 27.5 Å². The van der Waals surface area contributed by atoms with Crippen LogP contribution in [0, 0.1) is 11.7 Å². The van der Waals surface area contributed by atoms with Gasteiger partial charge in [-0.05, 0) is 40.4 Å². The van der Waals surface area contributed by atoms with Gasteiger partial charge < -0.3 is 16.4 Å². The summed E-state index contributed by atoms with van der Waals surface area (Å²) in [7, 11) is 0. The van der Waals surface area contributed by atoms with Crippen LogP contribution in [0.5, 0.6) is 0 Å². The summed E-state index contributed by atoms with van der Waals surface area (Å²) < 4.78 is 14.7. The number of nitrogens with two attached hydrogens (primary N) is 2. The molecule has 1 aromatic carbocycles. The molecule has 1 atom stereocenters. The van der Waals surface area contributed by atoms with E-state index in [9.17, 15) is 9.18 Å². The summed E-state index contributed by atoms with van der Waals surface area (Å²) >= 11 is 3.23. The van der Waals surface area contributed by atoms with E-state index in [1.807, 2.05) is 4.90 Å². The van der Waals surface area contributed by atoms with Gasteiger partial charge in [-0.2, -0.15) is 0 Å². The molecule has 1 unspecified atom stereocenters. The van der Waals surface area contributed by atoms with Crippen molar-refractivity contribution in [3.05, 3.63) is 28.0 Å². The summed E-state index contributed by atoms with van der Waals surface area (Å²) in [6.07, 6.45) is 1.61. The maximum atomic E-state index is 14.3. The number of nitrogens with zero attached hydrogens (tertiary/aromatic N) is 1. The van der Waals surface area contributed by atoms with Gasteiger partial charge in [0.1, 0.15) is 0 Å². The van der Waals surface area contributed by atoms with Gasteiger partial charge in [0.15, 0.2) is 5.82 Å². The predicted octanol–water partition coefficient (Wildman–Crippen LogP) is 1.75. The van der Waals surface area contributed by atoms with Crippen LogP contribution in [0.15, 0.2) is 16.6 Å². The quantitative estimate of drug-likeness (QED) is 0.887. The number of piperidine rings is 1. The molecule has 1 aromatic rings. The molecular weight excluding hydrogens is 313 g/mol. The van der Waals surface area contributed by atoms with Crippen molar-refractivity contribution in [1.29, 1.82) is 0 Å². The fourth-order valence-corrected chi connectivity index (χ4v) is 2.91. The number of carbonyl (C=O) groups is 1. The van der Waals surface area contributed by atoms with E-state index in [0.717, 1.165) is 24.9 Å². The highest BCUT2D eigenvalue weighted by Gasteiger charge is 2.26. The molecule has 6 heteroatoms. The molecule has 1 aliphatic heterocycles. The Morgan fingerprint density at radius 1 is 1.53 bits per heavy atom. The van der Waals surface area contributed by atoms with Crippen LogP contribution in [0.25, 0.3) is 0 Å². The van der Waals surface area contributed by atoms with E-state index in [4.69, 9.17) is 11.5 Å². The van der Waals surface area contributed by atoms with Gasteiger partial charge in [-0.15, -0.1) is 0 Å². The van der Waals surface area contributed by atoms with Crippen molar-refractivity contribution < 1.29 is 9.18 Å². The first-order chi connectivity index (χ1) is 9.04. The minimum atomic E-state index is -0.326. The second-order valence-corrected chi connectivity index (χ2v) is 5.56. The van der Waals surface area contributed by atoms with Gasteiger partial charge in [0.2, 0.25) is 5.91 Å². The molecule has 0 radical (unpaired) electrons. The monoisotopic (exact) mass is 329 g/mol. The molecule has 1 saturated heterocycles. The Balaban J connectivity index is 2.27. The molecule has 0 bridgehead atoms. The van der Waals surface area contributed by atoms with Gasteiger partial charge in [0, 0.05) is 19.6 Å². The fourth-order valence-electron chi connectivity index (χ4n) is 2.41. The number of primary amides is 1. The van der Waals surface area contributed by atoms with Crippen molar-refractivity contribution in [1.82, 2.24) is 0 Å². The highest BCUT2D eigenvalue weighted by molar-refractivity contribution is 9.10. The molecule has 104 valence electrons. The Kier molecular flexibility index (Phi) is 4.42. The summed E-state index contributed by atoms with van der Waals surface area (Å²) in [5.74, 6) is -0.850. The van der Waals surface area contributed by atoms with E-state index in [0.29, 0.717) is 16.7 Å². The first-order valence-corrected chi connectivity index (χ1v) is 7.05. The lowest BCUT2D eigenvalue weighted by molar-refractivity contribution is -0.122. The third-order valence-corrected chi connectivity index (χ3v) is 4.38. The molecule has 1 heterocycles. The first kappa shape index (κ1) is 14.3. The van der Waals surface area contributed by atoms with E-state index in [1.165, 1.54) is 0 Å². The Bertz CT molecular complexity index is 495. The molecule has 0 aliphatic carbocycles. The van der Waals surface area contributed by atoms with Gasteiger partial charge >= 0.3 is 0 Å². The normalized spacial score (nSPS) is 19.5. The molecular formula is C13H17BrFN3O. The smallest absolute Gasteiger partial charge is 0.222 e. The second-order valence-electron chi connectivity index (χ2n) is 4.76. The van der Waals surface area contributed by atoms with Gasteiger partial charge in [-0.1, -0.05) is 6.07 Å². The first-order valence-electron chi connectivity index (χ1n) is 6.25. The third kappa shape index (κ3) is 2.90. The van der Waals surface area contributed by atoms with Crippen molar-refractivity contribution in [2.45, 2.75) is 19.4 Å². The third-order valence-electron chi connectivity index (χ3n) is 3.53. The van der Waals surface area contributed by atoms with E-state index < -0.39 is 0 Å². The molecule has 0 spiro atoms. The lowest BCUT2D eigenvalue weighted by atomic mass is 9.97. The lowest BCUT2D eigenvalue weighted by Crippen LogP contribution is -2.41. The minimum Gasteiger partial charge on any atom is -0.369 e. The number of carbonyl (C=O) groups excluding carboxylic acids is 1. The van der Waals surface area contributed by atoms with Crippen LogP contribution >= 0.6 is 15.9 Å². The van der Waals surface area contributed by atoms with Crippen LogP contribution < -0.4 is 16.4 Å². The number of amides is 1. The number of halogens is 2. The average molecular weight is 330 g/mol. The second kappa shape index (κ2) is 5.88. The van der Waals surface area contributed by atoms with Crippen LogP contribution in [-0.2, 0) is 11.3 Å². The average Bonchev–Trinajstić information content (AvgIpc) is 2.42. The van der Waals surface area contributed by atoms with Crippen molar-refractivity contribution in [3.8, 4) is 0 Å². The van der Waals surface area contributed by atoms with Crippen LogP contribution in [-0.4, -0.2) is 19.0 Å².